The molecule has 0 saturated carbocycles. The van der Waals surface area contributed by atoms with Crippen LogP contribution in [-0.2, 0) is 0 Å². The minimum absolute atomic E-state index is 0.304. The van der Waals surface area contributed by atoms with Gasteiger partial charge in [0.05, 0.1) is 5.69 Å². The van der Waals surface area contributed by atoms with Crippen LogP contribution in [0.25, 0.3) is 16.6 Å². The first-order valence-electron chi connectivity index (χ1n) is 7.70. The third kappa shape index (κ3) is 2.76. The zero-order valence-corrected chi connectivity index (χ0v) is 14.5. The number of fused-ring (bicyclic) bond motifs is 1. The van der Waals surface area contributed by atoms with Crippen molar-refractivity contribution in [3.63, 3.8) is 0 Å². The van der Waals surface area contributed by atoms with Gasteiger partial charge in [-0.3, -0.25) is 4.57 Å². The van der Waals surface area contributed by atoms with Gasteiger partial charge in [0.25, 0.3) is 0 Å². The van der Waals surface area contributed by atoms with Crippen LogP contribution in [-0.4, -0.2) is 24.7 Å². The quantitative estimate of drug-likeness (QED) is 0.520. The summed E-state index contributed by atoms with van der Waals surface area (Å²) in [6, 6.07) is 12.9. The molecule has 0 aliphatic heterocycles. The van der Waals surface area contributed by atoms with E-state index >= 15 is 0 Å². The van der Waals surface area contributed by atoms with Gasteiger partial charge >= 0.3 is 0 Å². The second-order valence-corrected chi connectivity index (χ2v) is 6.52. The van der Waals surface area contributed by atoms with E-state index < -0.39 is 0 Å². The van der Waals surface area contributed by atoms with Gasteiger partial charge in [-0.15, -0.1) is 10.2 Å². The fourth-order valence-corrected chi connectivity index (χ4v) is 3.65. The van der Waals surface area contributed by atoms with Gasteiger partial charge < -0.3 is 0 Å². The molecule has 0 aliphatic carbocycles. The number of aromatic nitrogens is 5. The maximum absolute atomic E-state index is 14.0. The molecule has 0 N–H and O–H groups in total. The molecule has 0 spiro atoms. The van der Waals surface area contributed by atoms with Crippen molar-refractivity contribution >= 4 is 22.7 Å². The zero-order chi connectivity index (χ0) is 17.4. The Morgan fingerprint density at radius 3 is 2.64 bits per heavy atom. The van der Waals surface area contributed by atoms with Gasteiger partial charge in [-0.05, 0) is 49.4 Å². The molecule has 4 aromatic rings. The molecule has 2 heterocycles. The average molecular weight is 351 g/mol. The molecular weight excluding hydrogens is 337 g/mol. The second-order valence-electron chi connectivity index (χ2n) is 5.57. The second kappa shape index (κ2) is 6.25. The highest BCUT2D eigenvalue weighted by atomic mass is 32.2. The Labute approximate surface area is 148 Å². The summed E-state index contributed by atoms with van der Waals surface area (Å²) >= 11 is 1.35. The lowest BCUT2D eigenvalue weighted by atomic mass is 10.2. The number of aryl methyl sites for hydroxylation is 2. The SMILES string of the molecule is Cc1ccccc1-n1c(C)nnc1Sc1ncnc2c(F)cccc12. The Morgan fingerprint density at radius 1 is 0.960 bits per heavy atom. The molecule has 2 aromatic carbocycles. The fraction of sp³-hybridized carbons (Fsp3) is 0.111. The van der Waals surface area contributed by atoms with Crippen molar-refractivity contribution in [1.29, 1.82) is 0 Å². The Bertz CT molecular complexity index is 1080. The summed E-state index contributed by atoms with van der Waals surface area (Å²) in [4.78, 5) is 8.35. The van der Waals surface area contributed by atoms with E-state index in [0.717, 1.165) is 17.1 Å². The van der Waals surface area contributed by atoms with Crippen LogP contribution in [0.3, 0.4) is 0 Å². The highest BCUT2D eigenvalue weighted by Crippen LogP contribution is 2.32. The molecule has 0 aliphatic rings. The molecule has 0 atom stereocenters. The van der Waals surface area contributed by atoms with E-state index in [0.29, 0.717) is 21.1 Å². The molecule has 0 radical (unpaired) electrons. The standard InChI is InChI=1S/C18H14FN5S/c1-11-6-3-4-9-15(11)24-12(2)22-23-18(24)25-17-13-7-5-8-14(19)16(13)20-10-21-17/h3-10H,1-2H3. The maximum atomic E-state index is 14.0. The van der Waals surface area contributed by atoms with Crippen LogP contribution in [0, 0.1) is 19.7 Å². The van der Waals surface area contributed by atoms with E-state index in [1.807, 2.05) is 48.7 Å². The van der Waals surface area contributed by atoms with E-state index in [4.69, 9.17) is 0 Å². The van der Waals surface area contributed by atoms with Gasteiger partial charge in [0.2, 0.25) is 5.16 Å². The Balaban J connectivity index is 1.84. The third-order valence-electron chi connectivity index (χ3n) is 3.92. The van der Waals surface area contributed by atoms with Crippen molar-refractivity contribution in [3.05, 3.63) is 66.0 Å². The minimum atomic E-state index is -0.363. The normalized spacial score (nSPS) is 11.2. The number of benzene rings is 2. The number of hydrogen-bond acceptors (Lipinski definition) is 5. The molecule has 0 fully saturated rings. The number of nitrogens with zero attached hydrogens (tertiary/aromatic N) is 5. The molecule has 4 rings (SSSR count). The van der Waals surface area contributed by atoms with Crippen molar-refractivity contribution in [2.24, 2.45) is 0 Å². The van der Waals surface area contributed by atoms with Crippen molar-refractivity contribution < 1.29 is 4.39 Å². The average Bonchev–Trinajstić information content (AvgIpc) is 2.97. The van der Waals surface area contributed by atoms with Crippen molar-refractivity contribution in [3.8, 4) is 5.69 Å². The smallest absolute Gasteiger partial charge is 0.202 e. The number of rotatable bonds is 3. The third-order valence-corrected chi connectivity index (χ3v) is 4.88. The lowest BCUT2D eigenvalue weighted by Crippen LogP contribution is -2.01. The van der Waals surface area contributed by atoms with E-state index in [2.05, 4.69) is 20.2 Å². The van der Waals surface area contributed by atoms with Gasteiger partial charge in [-0.1, -0.05) is 24.3 Å². The van der Waals surface area contributed by atoms with Gasteiger partial charge in [0, 0.05) is 5.39 Å². The lowest BCUT2D eigenvalue weighted by molar-refractivity contribution is 0.636. The first-order valence-corrected chi connectivity index (χ1v) is 8.52. The molecule has 5 nitrogen and oxygen atoms in total. The van der Waals surface area contributed by atoms with Gasteiger partial charge in [0.15, 0.2) is 0 Å². The summed E-state index contributed by atoms with van der Waals surface area (Å²) in [6.45, 7) is 3.94. The molecule has 0 amide bonds. The van der Waals surface area contributed by atoms with E-state index in [-0.39, 0.29) is 5.82 Å². The number of halogens is 1. The Morgan fingerprint density at radius 2 is 1.80 bits per heavy atom. The first kappa shape index (κ1) is 15.7. The Hall–Kier alpha value is -2.80. The van der Waals surface area contributed by atoms with Crippen molar-refractivity contribution in [1.82, 2.24) is 24.7 Å². The highest BCUT2D eigenvalue weighted by molar-refractivity contribution is 7.99. The highest BCUT2D eigenvalue weighted by Gasteiger charge is 2.16. The summed E-state index contributed by atoms with van der Waals surface area (Å²) in [5.74, 6) is 0.416. The summed E-state index contributed by atoms with van der Waals surface area (Å²) in [7, 11) is 0. The molecule has 25 heavy (non-hydrogen) atoms. The van der Waals surface area contributed by atoms with E-state index in [9.17, 15) is 4.39 Å². The topological polar surface area (TPSA) is 56.5 Å². The van der Waals surface area contributed by atoms with Crippen molar-refractivity contribution in [2.75, 3.05) is 0 Å². The summed E-state index contributed by atoms with van der Waals surface area (Å²) in [5, 5.41) is 10.5. The van der Waals surface area contributed by atoms with Gasteiger partial charge in [-0.2, -0.15) is 0 Å². The summed E-state index contributed by atoms with van der Waals surface area (Å²) in [5.41, 5.74) is 2.43. The zero-order valence-electron chi connectivity index (χ0n) is 13.6. The molecular formula is C18H14FN5S. The fourth-order valence-electron chi connectivity index (χ4n) is 2.70. The van der Waals surface area contributed by atoms with Crippen LogP contribution in [0.15, 0.2) is 59.0 Å². The van der Waals surface area contributed by atoms with Crippen LogP contribution >= 0.6 is 11.8 Å². The van der Waals surface area contributed by atoms with Crippen LogP contribution in [0.5, 0.6) is 0 Å². The number of para-hydroxylation sites is 2. The molecule has 0 unspecified atom stereocenters. The predicted octanol–water partition coefficient (Wildman–Crippen LogP) is 4.12. The van der Waals surface area contributed by atoms with Gasteiger partial charge in [-0.25, -0.2) is 14.4 Å². The molecule has 0 saturated heterocycles. The summed E-state index contributed by atoms with van der Waals surface area (Å²) < 4.78 is 16.0. The van der Waals surface area contributed by atoms with Gasteiger partial charge in [0.1, 0.15) is 28.5 Å². The van der Waals surface area contributed by atoms with Crippen LogP contribution < -0.4 is 0 Å². The number of hydrogen-bond donors (Lipinski definition) is 0. The molecule has 7 heteroatoms. The predicted molar refractivity (Wildman–Crippen MR) is 94.5 cm³/mol. The molecule has 0 bridgehead atoms. The van der Waals surface area contributed by atoms with Crippen LogP contribution in [0.1, 0.15) is 11.4 Å². The molecule has 2 aromatic heterocycles. The first-order chi connectivity index (χ1) is 12.1. The molecule has 124 valence electrons. The Kier molecular flexibility index (Phi) is 3.93. The van der Waals surface area contributed by atoms with E-state index in [1.165, 1.54) is 24.2 Å². The lowest BCUT2D eigenvalue weighted by Gasteiger charge is -2.11. The van der Waals surface area contributed by atoms with Crippen LogP contribution in [0.2, 0.25) is 0 Å². The summed E-state index contributed by atoms with van der Waals surface area (Å²) in [6.07, 6.45) is 1.37. The largest absolute Gasteiger partial charge is 0.274 e. The maximum Gasteiger partial charge on any atom is 0.202 e. The van der Waals surface area contributed by atoms with E-state index in [1.54, 1.807) is 6.07 Å². The monoisotopic (exact) mass is 351 g/mol. The minimum Gasteiger partial charge on any atom is -0.274 e. The van der Waals surface area contributed by atoms with Crippen molar-refractivity contribution in [2.45, 2.75) is 24.0 Å². The van der Waals surface area contributed by atoms with Crippen LogP contribution in [0.4, 0.5) is 4.39 Å².